The minimum atomic E-state index is 0.528. The van der Waals surface area contributed by atoms with Crippen molar-refractivity contribution in [1.29, 1.82) is 10.5 Å². The molecule has 0 aliphatic rings. The van der Waals surface area contributed by atoms with Crippen LogP contribution in [-0.4, -0.2) is 24.1 Å². The summed E-state index contributed by atoms with van der Waals surface area (Å²) >= 11 is 0. The quantitative estimate of drug-likeness (QED) is 0.151. The van der Waals surface area contributed by atoms with Crippen molar-refractivity contribution in [3.8, 4) is 91.1 Å². The molecule has 0 aliphatic heterocycles. The second-order valence-electron chi connectivity index (χ2n) is 17.9. The Morgan fingerprint density at radius 1 is 0.292 bits per heavy atom. The molecule has 0 spiro atoms. The maximum Gasteiger partial charge on any atom is 0.166 e. The molecule has 0 atom stereocenters. The van der Waals surface area contributed by atoms with Crippen molar-refractivity contribution < 1.29 is 0 Å². The molecule has 13 rings (SSSR count). The lowest BCUT2D eigenvalue weighted by Crippen LogP contribution is -2.04. The third-order valence-corrected chi connectivity index (χ3v) is 13.7. The van der Waals surface area contributed by atoms with Crippen LogP contribution >= 0.6 is 0 Å². The van der Waals surface area contributed by atoms with Gasteiger partial charge < -0.3 is 9.13 Å². The number of rotatable bonds is 8. The smallest absolute Gasteiger partial charge is 0.166 e. The highest BCUT2D eigenvalue weighted by Crippen LogP contribution is 2.42. The highest BCUT2D eigenvalue weighted by Gasteiger charge is 2.22. The van der Waals surface area contributed by atoms with E-state index in [1.54, 1.807) is 0 Å². The van der Waals surface area contributed by atoms with Gasteiger partial charge in [0.1, 0.15) is 0 Å². The third-order valence-electron chi connectivity index (χ3n) is 13.7. The number of hydrogen-bond donors (Lipinski definition) is 0. The fourth-order valence-corrected chi connectivity index (χ4v) is 10.1. The maximum atomic E-state index is 9.64. The van der Waals surface area contributed by atoms with Crippen LogP contribution in [0, 0.1) is 22.7 Å². The Labute approximate surface area is 415 Å². The first kappa shape index (κ1) is 41.9. The Balaban J connectivity index is 1.11. The highest BCUT2D eigenvalue weighted by atomic mass is 15.1. The molecule has 13 aromatic rings. The van der Waals surface area contributed by atoms with E-state index in [0.717, 1.165) is 94.3 Å². The van der Waals surface area contributed by atoms with Crippen LogP contribution in [-0.2, 0) is 0 Å². The first-order chi connectivity index (χ1) is 35.6. The standard InChI is InChI=1S/C65H39N7/c66-40-42-20-24-44(25-21-42)49-28-32-55-56-33-29-50(45-26-22-43(41-67)23-27-45)38-62(56)72(61(55)37-49)59-35-31-48(51-30-34-54-53-18-10-11-19-58(53)71(60(54)39-51)52-16-8-3-9-17-52)36-57(59)65-69-63(46-12-4-1-5-13-46)68-64(70-65)47-14-6-2-7-15-47/h1-39H. The van der Waals surface area contributed by atoms with Crippen LogP contribution in [0.2, 0.25) is 0 Å². The van der Waals surface area contributed by atoms with Crippen molar-refractivity contribution in [2.24, 2.45) is 0 Å². The van der Waals surface area contributed by atoms with Crippen molar-refractivity contribution in [2.45, 2.75) is 0 Å². The maximum absolute atomic E-state index is 9.64. The van der Waals surface area contributed by atoms with Crippen molar-refractivity contribution in [3.63, 3.8) is 0 Å². The number of aromatic nitrogens is 5. The third kappa shape index (κ3) is 7.25. The minimum absolute atomic E-state index is 0.528. The molecule has 3 aromatic heterocycles. The van der Waals surface area contributed by atoms with Crippen molar-refractivity contribution in [1.82, 2.24) is 24.1 Å². The summed E-state index contributed by atoms with van der Waals surface area (Å²) < 4.78 is 4.69. The van der Waals surface area contributed by atoms with E-state index >= 15 is 0 Å². The van der Waals surface area contributed by atoms with Crippen LogP contribution in [0.25, 0.3) is 123 Å². The molecule has 7 heteroatoms. The predicted octanol–water partition coefficient (Wildman–Crippen LogP) is 15.8. The molecule has 10 aromatic carbocycles. The van der Waals surface area contributed by atoms with E-state index in [2.05, 4.69) is 149 Å². The summed E-state index contributed by atoms with van der Waals surface area (Å²) in [7, 11) is 0. The van der Waals surface area contributed by atoms with E-state index < -0.39 is 0 Å². The van der Waals surface area contributed by atoms with Crippen molar-refractivity contribution in [2.75, 3.05) is 0 Å². The molecule has 0 fully saturated rings. The molecule has 7 nitrogen and oxygen atoms in total. The number of fused-ring (bicyclic) bond motifs is 6. The lowest BCUT2D eigenvalue weighted by molar-refractivity contribution is 1.06. The van der Waals surface area contributed by atoms with E-state index in [0.29, 0.717) is 28.6 Å². The average molecular weight is 918 g/mol. The summed E-state index contributed by atoms with van der Waals surface area (Å²) in [5.41, 5.74) is 16.1. The number of nitriles is 2. The Morgan fingerprint density at radius 2 is 0.681 bits per heavy atom. The normalized spacial score (nSPS) is 11.3. The lowest BCUT2D eigenvalue weighted by atomic mass is 9.99. The second kappa shape index (κ2) is 17.4. The van der Waals surface area contributed by atoms with Gasteiger partial charge in [-0.3, -0.25) is 0 Å². The van der Waals surface area contributed by atoms with Gasteiger partial charge in [0, 0.05) is 43.9 Å². The van der Waals surface area contributed by atoms with E-state index in [9.17, 15) is 10.5 Å². The van der Waals surface area contributed by atoms with E-state index in [4.69, 9.17) is 15.0 Å². The van der Waals surface area contributed by atoms with Gasteiger partial charge in [-0.15, -0.1) is 0 Å². The first-order valence-electron chi connectivity index (χ1n) is 23.8. The van der Waals surface area contributed by atoms with Gasteiger partial charge in [-0.25, -0.2) is 15.0 Å². The van der Waals surface area contributed by atoms with E-state index in [-0.39, 0.29) is 0 Å². The zero-order valence-electron chi connectivity index (χ0n) is 38.6. The van der Waals surface area contributed by atoms with Crippen LogP contribution in [0.5, 0.6) is 0 Å². The van der Waals surface area contributed by atoms with Gasteiger partial charge in [0.05, 0.1) is 51.0 Å². The van der Waals surface area contributed by atoms with Crippen LogP contribution in [0.15, 0.2) is 237 Å². The largest absolute Gasteiger partial charge is 0.309 e. The topological polar surface area (TPSA) is 96.1 Å². The molecule has 0 saturated heterocycles. The Morgan fingerprint density at radius 3 is 1.19 bits per heavy atom. The summed E-state index contributed by atoms with van der Waals surface area (Å²) in [5, 5.41) is 23.8. The summed E-state index contributed by atoms with van der Waals surface area (Å²) in [6, 6.07) is 85.9. The monoisotopic (exact) mass is 917 g/mol. The molecule has 72 heavy (non-hydrogen) atoms. The van der Waals surface area contributed by atoms with Crippen molar-refractivity contribution >= 4 is 43.6 Å². The number of benzene rings is 10. The number of hydrogen-bond acceptors (Lipinski definition) is 5. The van der Waals surface area contributed by atoms with Gasteiger partial charge in [-0.1, -0.05) is 164 Å². The van der Waals surface area contributed by atoms with Crippen LogP contribution < -0.4 is 0 Å². The van der Waals surface area contributed by atoms with Gasteiger partial charge in [-0.05, 0) is 106 Å². The lowest BCUT2D eigenvalue weighted by Gasteiger charge is -2.17. The van der Waals surface area contributed by atoms with Gasteiger partial charge in [-0.2, -0.15) is 10.5 Å². The van der Waals surface area contributed by atoms with Crippen molar-refractivity contribution in [3.05, 3.63) is 248 Å². The molecule has 0 amide bonds. The Kier molecular flexibility index (Phi) is 10.1. The summed E-state index contributed by atoms with van der Waals surface area (Å²) in [4.78, 5) is 15.8. The van der Waals surface area contributed by atoms with Gasteiger partial charge in [0.25, 0.3) is 0 Å². The molecule has 334 valence electrons. The molecule has 0 radical (unpaired) electrons. The summed E-state index contributed by atoms with van der Waals surface area (Å²) in [5.74, 6) is 1.66. The molecule has 0 N–H and O–H groups in total. The van der Waals surface area contributed by atoms with Crippen LogP contribution in [0.1, 0.15) is 11.1 Å². The number of para-hydroxylation sites is 2. The zero-order valence-corrected chi connectivity index (χ0v) is 38.6. The molecular formula is C65H39N7. The molecule has 0 bridgehead atoms. The predicted molar refractivity (Wildman–Crippen MR) is 291 cm³/mol. The first-order valence-corrected chi connectivity index (χ1v) is 23.8. The SMILES string of the molecule is N#Cc1ccc(-c2ccc3c4ccc(-c5ccc(C#N)cc5)cc4n(-c4ccc(-c5ccc6c7ccccc7n(-c7ccccc7)c6c5)cc4-c4nc(-c5ccccc5)nc(-c5ccccc5)n4)c3c2)cc1. The molecule has 0 saturated carbocycles. The molecular weight excluding hydrogens is 879 g/mol. The van der Waals surface area contributed by atoms with Gasteiger partial charge in [0.2, 0.25) is 0 Å². The number of nitrogens with zero attached hydrogens (tertiary/aromatic N) is 7. The average Bonchev–Trinajstić information content (AvgIpc) is 3.97. The van der Waals surface area contributed by atoms with E-state index in [1.165, 1.54) is 10.8 Å². The van der Waals surface area contributed by atoms with Gasteiger partial charge in [0.15, 0.2) is 17.5 Å². The molecule has 3 heterocycles. The fraction of sp³-hybridized carbons (Fsp3) is 0. The summed E-state index contributed by atoms with van der Waals surface area (Å²) in [6.07, 6.45) is 0. The minimum Gasteiger partial charge on any atom is -0.309 e. The molecule has 0 unspecified atom stereocenters. The van der Waals surface area contributed by atoms with Crippen LogP contribution in [0.3, 0.4) is 0 Å². The Hall–Kier alpha value is -10.2. The fourth-order valence-electron chi connectivity index (χ4n) is 10.1. The Bertz CT molecular complexity index is 4140. The second-order valence-corrected chi connectivity index (χ2v) is 17.9. The van der Waals surface area contributed by atoms with E-state index in [1.807, 2.05) is 109 Å². The van der Waals surface area contributed by atoms with Gasteiger partial charge >= 0.3 is 0 Å². The van der Waals surface area contributed by atoms with Crippen LogP contribution in [0.4, 0.5) is 0 Å². The molecule has 0 aliphatic carbocycles. The zero-order chi connectivity index (χ0) is 48.1. The summed E-state index contributed by atoms with van der Waals surface area (Å²) in [6.45, 7) is 0. The highest BCUT2D eigenvalue weighted by molar-refractivity contribution is 6.12.